The third-order valence-electron chi connectivity index (χ3n) is 0.664. The van der Waals surface area contributed by atoms with Gasteiger partial charge in [0.05, 0.1) is 7.11 Å². The Morgan fingerprint density at radius 1 is 1.89 bits per heavy atom. The Hall–Kier alpha value is 0.01000. The van der Waals surface area contributed by atoms with Crippen LogP contribution in [0.2, 0.25) is 0 Å². The lowest BCUT2D eigenvalue weighted by molar-refractivity contribution is -0.139. The van der Waals surface area contributed by atoms with Crippen LogP contribution in [0.25, 0.3) is 0 Å². The van der Waals surface area contributed by atoms with E-state index in [4.69, 9.17) is 17.3 Å². The van der Waals surface area contributed by atoms with Crippen LogP contribution in [0, 0.1) is 0 Å². The topological polar surface area (TPSA) is 52.3 Å². The third-order valence-corrected chi connectivity index (χ3v) is 1.02. The minimum absolute atomic E-state index is 0. The van der Waals surface area contributed by atoms with Crippen LogP contribution in [0.3, 0.4) is 0 Å². The summed E-state index contributed by atoms with van der Waals surface area (Å²) < 4.78 is 4.25. The van der Waals surface area contributed by atoms with Crippen molar-refractivity contribution in [2.24, 2.45) is 5.73 Å². The Kier molecular flexibility index (Phi) is 8.02. The minimum Gasteiger partial charge on any atom is -0.468 e. The molecule has 0 aromatic carbocycles. The van der Waals surface area contributed by atoms with E-state index in [-0.39, 0.29) is 19.0 Å². The molecule has 0 aliphatic heterocycles. The van der Waals surface area contributed by atoms with Crippen molar-refractivity contribution >= 4 is 30.0 Å². The molecule has 0 saturated heterocycles. The number of rotatable bonds is 2. The zero-order valence-corrected chi connectivity index (χ0v) is 6.54. The number of methoxy groups -OCH3 is 1. The normalized spacial score (nSPS) is 11.4. The van der Waals surface area contributed by atoms with Crippen molar-refractivity contribution in [3.63, 3.8) is 0 Å². The second-order valence-electron chi connectivity index (χ2n) is 1.23. The molecule has 2 N–H and O–H groups in total. The molecule has 0 bridgehead atoms. The molecule has 56 valence electrons. The van der Waals surface area contributed by atoms with Crippen molar-refractivity contribution in [3.05, 3.63) is 0 Å². The average molecular weight is 174 g/mol. The van der Waals surface area contributed by atoms with Crippen LogP contribution in [0.4, 0.5) is 0 Å². The predicted octanol–water partition coefficient (Wildman–Crippen LogP) is 0.147. The van der Waals surface area contributed by atoms with E-state index in [2.05, 4.69) is 4.74 Å². The van der Waals surface area contributed by atoms with Crippen molar-refractivity contribution in [2.75, 3.05) is 13.7 Å². The van der Waals surface area contributed by atoms with E-state index in [0.29, 0.717) is 0 Å². The number of carbonyl (C=O) groups excluding carboxylic acids is 1. The Morgan fingerprint density at radius 3 is 2.44 bits per heavy atom. The highest BCUT2D eigenvalue weighted by atomic mass is 35.5. The van der Waals surface area contributed by atoms with Gasteiger partial charge in [0.2, 0.25) is 0 Å². The van der Waals surface area contributed by atoms with Gasteiger partial charge in [0.1, 0.15) is 5.38 Å². The van der Waals surface area contributed by atoms with Gasteiger partial charge in [-0.15, -0.1) is 24.0 Å². The van der Waals surface area contributed by atoms with Crippen LogP contribution in [0.1, 0.15) is 0 Å². The van der Waals surface area contributed by atoms with Crippen LogP contribution in [-0.2, 0) is 9.53 Å². The van der Waals surface area contributed by atoms with Gasteiger partial charge in [-0.2, -0.15) is 0 Å². The Labute approximate surface area is 64.9 Å². The fourth-order valence-electron chi connectivity index (χ4n) is 0.224. The standard InChI is InChI=1S/C4H8ClNO2.ClH/c1-8-4(7)3(5)2-6;/h3H,2,6H2,1H3;1H. The maximum Gasteiger partial charge on any atom is 0.325 e. The fourth-order valence-corrected chi connectivity index (χ4v) is 0.313. The Morgan fingerprint density at radius 2 is 2.33 bits per heavy atom. The average Bonchev–Trinajstić information content (AvgIpc) is 1.84. The number of hydrogen-bond donors (Lipinski definition) is 1. The summed E-state index contributed by atoms with van der Waals surface area (Å²) in [6.45, 7) is 0.119. The van der Waals surface area contributed by atoms with E-state index in [9.17, 15) is 4.79 Å². The van der Waals surface area contributed by atoms with Crippen LogP contribution < -0.4 is 5.73 Å². The highest BCUT2D eigenvalue weighted by Crippen LogP contribution is 1.93. The number of halogens is 2. The Bertz CT molecular complexity index is 88.6. The first-order valence-electron chi connectivity index (χ1n) is 2.14. The summed E-state index contributed by atoms with van der Waals surface area (Å²) in [5, 5.41) is -0.694. The SMILES string of the molecule is COC(=O)C(Cl)CN.Cl. The van der Waals surface area contributed by atoms with Crippen molar-refractivity contribution < 1.29 is 9.53 Å². The van der Waals surface area contributed by atoms with Crippen molar-refractivity contribution in [1.82, 2.24) is 0 Å². The van der Waals surface area contributed by atoms with Crippen LogP contribution in [0.15, 0.2) is 0 Å². The molecule has 5 heteroatoms. The van der Waals surface area contributed by atoms with Gasteiger partial charge >= 0.3 is 5.97 Å². The molecular weight excluding hydrogens is 165 g/mol. The van der Waals surface area contributed by atoms with E-state index in [1.807, 2.05) is 0 Å². The van der Waals surface area contributed by atoms with Gasteiger partial charge in [0.15, 0.2) is 0 Å². The summed E-state index contributed by atoms with van der Waals surface area (Å²) in [6.07, 6.45) is 0. The van der Waals surface area contributed by atoms with Crippen LogP contribution in [0.5, 0.6) is 0 Å². The molecule has 9 heavy (non-hydrogen) atoms. The Balaban J connectivity index is 0. The summed E-state index contributed by atoms with van der Waals surface area (Å²) in [7, 11) is 1.27. The smallest absolute Gasteiger partial charge is 0.325 e. The first kappa shape index (κ1) is 11.8. The second-order valence-corrected chi connectivity index (χ2v) is 1.75. The molecule has 0 spiro atoms. The molecule has 3 nitrogen and oxygen atoms in total. The molecule has 0 saturated carbocycles. The monoisotopic (exact) mass is 173 g/mol. The van der Waals surface area contributed by atoms with E-state index >= 15 is 0 Å². The summed E-state index contributed by atoms with van der Waals surface area (Å²) in [4.78, 5) is 10.3. The summed E-state index contributed by atoms with van der Waals surface area (Å²) in [5.41, 5.74) is 5.02. The summed E-state index contributed by atoms with van der Waals surface area (Å²) in [5.74, 6) is -0.478. The largest absolute Gasteiger partial charge is 0.468 e. The lowest BCUT2D eigenvalue weighted by Crippen LogP contribution is -2.24. The maximum atomic E-state index is 10.3. The first-order valence-corrected chi connectivity index (χ1v) is 2.58. The lowest BCUT2D eigenvalue weighted by Gasteiger charge is -2.00. The molecule has 0 aromatic rings. The molecule has 0 amide bonds. The van der Waals surface area contributed by atoms with Gasteiger partial charge in [0, 0.05) is 6.54 Å². The fraction of sp³-hybridized carbons (Fsp3) is 0.750. The second kappa shape index (κ2) is 6.13. The summed E-state index contributed by atoms with van der Waals surface area (Å²) in [6, 6.07) is 0. The number of carbonyl (C=O) groups is 1. The molecular formula is C4H9Cl2NO2. The minimum atomic E-state index is -0.694. The predicted molar refractivity (Wildman–Crippen MR) is 38.0 cm³/mol. The molecule has 0 aromatic heterocycles. The van der Waals surface area contributed by atoms with E-state index in [0.717, 1.165) is 0 Å². The quantitative estimate of drug-likeness (QED) is 0.478. The highest BCUT2D eigenvalue weighted by molar-refractivity contribution is 6.30. The molecule has 0 rings (SSSR count). The van der Waals surface area contributed by atoms with Gasteiger partial charge in [-0.1, -0.05) is 0 Å². The summed E-state index contributed by atoms with van der Waals surface area (Å²) >= 11 is 5.32. The zero-order valence-electron chi connectivity index (χ0n) is 4.96. The van der Waals surface area contributed by atoms with Gasteiger partial charge in [0.25, 0.3) is 0 Å². The van der Waals surface area contributed by atoms with Crippen LogP contribution >= 0.6 is 24.0 Å². The van der Waals surface area contributed by atoms with Crippen molar-refractivity contribution in [1.29, 1.82) is 0 Å². The number of alkyl halides is 1. The van der Waals surface area contributed by atoms with E-state index < -0.39 is 11.3 Å². The van der Waals surface area contributed by atoms with Gasteiger partial charge < -0.3 is 10.5 Å². The molecule has 0 fully saturated rings. The van der Waals surface area contributed by atoms with Gasteiger partial charge in [-0.3, -0.25) is 4.79 Å². The van der Waals surface area contributed by atoms with E-state index in [1.54, 1.807) is 0 Å². The van der Waals surface area contributed by atoms with Gasteiger partial charge in [-0.25, -0.2) is 0 Å². The van der Waals surface area contributed by atoms with E-state index in [1.165, 1.54) is 7.11 Å². The molecule has 1 unspecified atom stereocenters. The van der Waals surface area contributed by atoms with Crippen LogP contribution in [-0.4, -0.2) is 25.0 Å². The highest BCUT2D eigenvalue weighted by Gasteiger charge is 2.11. The molecule has 0 aliphatic rings. The maximum absolute atomic E-state index is 10.3. The van der Waals surface area contributed by atoms with Gasteiger partial charge in [-0.05, 0) is 0 Å². The number of ether oxygens (including phenoxy) is 1. The number of esters is 1. The molecule has 1 atom stereocenters. The molecule has 0 heterocycles. The molecule has 0 aliphatic carbocycles. The molecule has 0 radical (unpaired) electrons. The third kappa shape index (κ3) is 4.51. The number of nitrogens with two attached hydrogens (primary N) is 1. The first-order chi connectivity index (χ1) is 3.72. The lowest BCUT2D eigenvalue weighted by atomic mass is 10.4. The zero-order chi connectivity index (χ0) is 6.57. The van der Waals surface area contributed by atoms with Crippen molar-refractivity contribution in [3.8, 4) is 0 Å². The number of hydrogen-bond acceptors (Lipinski definition) is 3. The van der Waals surface area contributed by atoms with Crippen molar-refractivity contribution in [2.45, 2.75) is 5.38 Å².